The summed E-state index contributed by atoms with van der Waals surface area (Å²) in [6, 6.07) is 13.1. The molecule has 1 saturated heterocycles. The molecule has 2 atom stereocenters. The van der Waals surface area contributed by atoms with Gasteiger partial charge in [-0.05, 0) is 60.7 Å². The second-order valence-corrected chi connectivity index (χ2v) is 7.97. The van der Waals surface area contributed by atoms with Gasteiger partial charge in [-0.2, -0.15) is 11.8 Å². The molecule has 0 N–H and O–H groups in total. The predicted octanol–water partition coefficient (Wildman–Crippen LogP) is 4.88. The molecule has 26 heavy (non-hydrogen) atoms. The molecule has 0 radical (unpaired) electrons. The Morgan fingerprint density at radius 3 is 2.04 bits per heavy atom. The Labute approximate surface area is 165 Å². The fourth-order valence-electron chi connectivity index (χ4n) is 2.54. The summed E-state index contributed by atoms with van der Waals surface area (Å²) in [5.74, 6) is 0.0296. The normalized spacial score (nSPS) is 19.2. The Bertz CT molecular complexity index is 777. The molecule has 2 aromatic rings. The van der Waals surface area contributed by atoms with Crippen molar-refractivity contribution in [3.05, 3.63) is 69.7 Å². The van der Waals surface area contributed by atoms with Gasteiger partial charge in [0, 0.05) is 10.0 Å². The van der Waals surface area contributed by atoms with E-state index < -0.39 is 11.9 Å². The van der Waals surface area contributed by atoms with Crippen LogP contribution in [0, 0.1) is 0 Å². The number of esters is 2. The van der Waals surface area contributed by atoms with Gasteiger partial charge in [0.2, 0.25) is 0 Å². The summed E-state index contributed by atoms with van der Waals surface area (Å²) < 4.78 is 11.0. The first-order valence-electron chi connectivity index (χ1n) is 8.04. The molecule has 7 heteroatoms. The first-order valence-corrected chi connectivity index (χ1v) is 9.84. The van der Waals surface area contributed by atoms with Crippen LogP contribution in [0.1, 0.15) is 27.1 Å². The predicted molar refractivity (Wildman–Crippen MR) is 103 cm³/mol. The van der Waals surface area contributed by atoms with Crippen molar-refractivity contribution in [1.82, 2.24) is 0 Å². The van der Waals surface area contributed by atoms with Crippen LogP contribution in [0.5, 0.6) is 0 Å². The molecular weight excluding hydrogens is 395 g/mol. The minimum Gasteiger partial charge on any atom is -0.461 e. The summed E-state index contributed by atoms with van der Waals surface area (Å²) in [4.78, 5) is 24.4. The highest BCUT2D eigenvalue weighted by Crippen LogP contribution is 2.30. The lowest BCUT2D eigenvalue weighted by atomic mass is 10.2. The number of rotatable bonds is 5. The van der Waals surface area contributed by atoms with Crippen molar-refractivity contribution in [1.29, 1.82) is 0 Å². The van der Waals surface area contributed by atoms with Gasteiger partial charge in [-0.25, -0.2) is 9.59 Å². The lowest BCUT2D eigenvalue weighted by Gasteiger charge is -2.19. The molecule has 0 aliphatic carbocycles. The molecule has 3 rings (SSSR count). The summed E-state index contributed by atoms with van der Waals surface area (Å²) in [6.45, 7) is 0.185. The largest absolute Gasteiger partial charge is 0.461 e. The van der Waals surface area contributed by atoms with Gasteiger partial charge in [0.05, 0.1) is 16.4 Å². The van der Waals surface area contributed by atoms with Crippen LogP contribution in [0.3, 0.4) is 0 Å². The molecule has 2 aromatic carbocycles. The number of carbonyl (C=O) groups is 2. The Balaban J connectivity index is 1.54. The smallest absolute Gasteiger partial charge is 0.338 e. The zero-order valence-electron chi connectivity index (χ0n) is 13.7. The van der Waals surface area contributed by atoms with Crippen molar-refractivity contribution in [2.45, 2.75) is 17.8 Å². The van der Waals surface area contributed by atoms with Crippen LogP contribution in [0.2, 0.25) is 10.0 Å². The van der Waals surface area contributed by atoms with E-state index in [4.69, 9.17) is 32.7 Å². The Morgan fingerprint density at radius 2 is 1.46 bits per heavy atom. The van der Waals surface area contributed by atoms with Crippen molar-refractivity contribution < 1.29 is 19.1 Å². The molecule has 1 aliphatic heterocycles. The van der Waals surface area contributed by atoms with Crippen LogP contribution in [-0.4, -0.2) is 35.7 Å². The highest BCUT2D eigenvalue weighted by Gasteiger charge is 2.32. The number of carbonyl (C=O) groups excluding carboxylic acids is 2. The van der Waals surface area contributed by atoms with E-state index in [1.165, 1.54) is 0 Å². The van der Waals surface area contributed by atoms with E-state index in [1.807, 2.05) is 0 Å². The van der Waals surface area contributed by atoms with E-state index in [0.29, 0.717) is 21.2 Å². The summed E-state index contributed by atoms with van der Waals surface area (Å²) in [7, 11) is 0. The van der Waals surface area contributed by atoms with Crippen molar-refractivity contribution in [2.75, 3.05) is 12.4 Å². The van der Waals surface area contributed by atoms with E-state index in [9.17, 15) is 9.59 Å². The summed E-state index contributed by atoms with van der Waals surface area (Å²) in [6.07, 6.45) is 0.439. The van der Waals surface area contributed by atoms with Crippen LogP contribution < -0.4 is 0 Å². The highest BCUT2D eigenvalue weighted by atomic mass is 35.5. The maximum Gasteiger partial charge on any atom is 0.338 e. The lowest BCUT2D eigenvalue weighted by molar-refractivity contribution is 0.0221. The molecule has 0 aromatic heterocycles. The topological polar surface area (TPSA) is 52.6 Å². The fourth-order valence-corrected chi connectivity index (χ4v) is 4.03. The average molecular weight is 411 g/mol. The molecule has 0 amide bonds. The van der Waals surface area contributed by atoms with E-state index in [2.05, 4.69) is 0 Å². The van der Waals surface area contributed by atoms with E-state index in [-0.39, 0.29) is 18.0 Å². The Morgan fingerprint density at radius 1 is 0.923 bits per heavy atom. The van der Waals surface area contributed by atoms with Crippen LogP contribution >= 0.6 is 35.0 Å². The molecular formula is C19H16Cl2O4S. The summed E-state index contributed by atoms with van der Waals surface area (Å²) >= 11 is 13.3. The first kappa shape index (κ1) is 19.1. The van der Waals surface area contributed by atoms with Gasteiger partial charge in [-0.15, -0.1) is 0 Å². The third-order valence-electron chi connectivity index (χ3n) is 3.95. The number of hydrogen-bond donors (Lipinski definition) is 0. The zero-order valence-corrected chi connectivity index (χ0v) is 16.0. The number of halogens is 2. The SMILES string of the molecule is O=C(OC[C@H]1SCC[C@H]1OC(=O)c1ccc(Cl)cc1)c1ccc(Cl)cc1. The second kappa shape index (κ2) is 8.80. The molecule has 0 saturated carbocycles. The fraction of sp³-hybridized carbons (Fsp3) is 0.263. The molecule has 136 valence electrons. The average Bonchev–Trinajstić information content (AvgIpc) is 3.08. The zero-order chi connectivity index (χ0) is 18.5. The lowest BCUT2D eigenvalue weighted by Crippen LogP contribution is -2.29. The van der Waals surface area contributed by atoms with Crippen LogP contribution in [0.25, 0.3) is 0 Å². The first-order chi connectivity index (χ1) is 12.5. The maximum absolute atomic E-state index is 12.3. The van der Waals surface area contributed by atoms with Crippen molar-refractivity contribution in [3.8, 4) is 0 Å². The molecule has 1 fully saturated rings. The number of ether oxygens (including phenoxy) is 2. The van der Waals surface area contributed by atoms with Crippen LogP contribution in [-0.2, 0) is 9.47 Å². The Kier molecular flexibility index (Phi) is 6.46. The van der Waals surface area contributed by atoms with Gasteiger partial charge < -0.3 is 9.47 Å². The van der Waals surface area contributed by atoms with Crippen molar-refractivity contribution in [2.24, 2.45) is 0 Å². The quantitative estimate of drug-likeness (QED) is 0.657. The molecule has 0 spiro atoms. The van der Waals surface area contributed by atoms with Crippen molar-refractivity contribution in [3.63, 3.8) is 0 Å². The molecule has 0 unspecified atom stereocenters. The van der Waals surface area contributed by atoms with Crippen molar-refractivity contribution >= 4 is 46.9 Å². The van der Waals surface area contributed by atoms with Gasteiger partial charge in [0.25, 0.3) is 0 Å². The van der Waals surface area contributed by atoms with Gasteiger partial charge in [-0.1, -0.05) is 23.2 Å². The van der Waals surface area contributed by atoms with Gasteiger partial charge in [0.1, 0.15) is 12.7 Å². The van der Waals surface area contributed by atoms with E-state index in [0.717, 1.165) is 12.2 Å². The van der Waals surface area contributed by atoms with Crippen LogP contribution in [0.4, 0.5) is 0 Å². The number of thioether (sulfide) groups is 1. The number of hydrogen-bond acceptors (Lipinski definition) is 5. The highest BCUT2D eigenvalue weighted by molar-refractivity contribution is 8.00. The summed E-state index contributed by atoms with van der Waals surface area (Å²) in [5.41, 5.74) is 0.885. The standard InChI is InChI=1S/C19H16Cl2O4S/c20-14-5-1-12(2-6-14)18(22)24-11-17-16(9-10-26-17)25-19(23)13-3-7-15(21)8-4-13/h1-8,16-17H,9-11H2/t16-,17-/m1/s1. The summed E-state index contributed by atoms with van der Waals surface area (Å²) in [5, 5.41) is 1.04. The minimum atomic E-state index is -0.419. The monoisotopic (exact) mass is 410 g/mol. The van der Waals surface area contributed by atoms with E-state index in [1.54, 1.807) is 60.3 Å². The molecule has 1 heterocycles. The van der Waals surface area contributed by atoms with Gasteiger partial charge >= 0.3 is 11.9 Å². The molecule has 4 nitrogen and oxygen atoms in total. The number of benzene rings is 2. The maximum atomic E-state index is 12.3. The molecule has 1 aliphatic rings. The van der Waals surface area contributed by atoms with E-state index >= 15 is 0 Å². The third kappa shape index (κ3) is 4.93. The third-order valence-corrected chi connectivity index (χ3v) is 5.79. The van der Waals surface area contributed by atoms with Gasteiger partial charge in [0.15, 0.2) is 0 Å². The minimum absolute atomic E-state index is 0.0810. The van der Waals surface area contributed by atoms with Crippen LogP contribution in [0.15, 0.2) is 48.5 Å². The Hall–Kier alpha value is -1.69. The molecule has 0 bridgehead atoms. The van der Waals surface area contributed by atoms with Gasteiger partial charge in [-0.3, -0.25) is 0 Å². The second-order valence-electron chi connectivity index (χ2n) is 5.75.